The standard InChI is InChI=1S/C15H10ClN3OS/c16-14-12-6-8-21-15(12)19-13(18-14)9-20-11-3-1-10(2-4-11)5-7-17/h1-4,6,8H,5,9H2. The zero-order valence-electron chi connectivity index (χ0n) is 10.9. The smallest absolute Gasteiger partial charge is 0.169 e. The number of hydrogen-bond acceptors (Lipinski definition) is 5. The van der Waals surface area contributed by atoms with Gasteiger partial charge in [0.2, 0.25) is 0 Å². The molecule has 4 nitrogen and oxygen atoms in total. The number of aromatic nitrogens is 2. The van der Waals surface area contributed by atoms with Crippen LogP contribution in [0, 0.1) is 11.3 Å². The van der Waals surface area contributed by atoms with Crippen molar-refractivity contribution in [3.63, 3.8) is 0 Å². The molecule has 0 amide bonds. The normalized spacial score (nSPS) is 10.5. The highest BCUT2D eigenvalue weighted by molar-refractivity contribution is 7.16. The highest BCUT2D eigenvalue weighted by atomic mass is 35.5. The topological polar surface area (TPSA) is 58.8 Å². The van der Waals surface area contributed by atoms with Crippen molar-refractivity contribution in [1.29, 1.82) is 5.26 Å². The summed E-state index contributed by atoms with van der Waals surface area (Å²) >= 11 is 7.63. The Kier molecular flexibility index (Phi) is 4.00. The maximum atomic E-state index is 8.63. The minimum atomic E-state index is 0.255. The molecule has 21 heavy (non-hydrogen) atoms. The summed E-state index contributed by atoms with van der Waals surface area (Å²) in [5.41, 5.74) is 0.962. The second-order valence-corrected chi connectivity index (χ2v) is 5.59. The lowest BCUT2D eigenvalue weighted by Crippen LogP contribution is -2.01. The fourth-order valence-corrected chi connectivity index (χ4v) is 2.96. The number of nitriles is 1. The van der Waals surface area contributed by atoms with Crippen LogP contribution < -0.4 is 4.74 Å². The Morgan fingerprint density at radius 1 is 1.19 bits per heavy atom. The molecule has 6 heteroatoms. The third-order valence-corrected chi connectivity index (χ3v) is 3.99. The van der Waals surface area contributed by atoms with Crippen LogP contribution in [-0.4, -0.2) is 9.97 Å². The minimum Gasteiger partial charge on any atom is -0.486 e. The van der Waals surface area contributed by atoms with Crippen molar-refractivity contribution in [2.45, 2.75) is 13.0 Å². The predicted octanol–water partition coefficient (Wildman–Crippen LogP) is 3.99. The molecule has 104 valence electrons. The molecule has 1 aromatic carbocycles. The summed E-state index contributed by atoms with van der Waals surface area (Å²) in [6.07, 6.45) is 0.397. The average molecular weight is 316 g/mol. The van der Waals surface area contributed by atoms with Crippen LogP contribution in [0.1, 0.15) is 11.4 Å². The fourth-order valence-electron chi connectivity index (χ4n) is 1.87. The van der Waals surface area contributed by atoms with E-state index in [1.807, 2.05) is 35.7 Å². The van der Waals surface area contributed by atoms with Gasteiger partial charge < -0.3 is 4.74 Å². The number of halogens is 1. The van der Waals surface area contributed by atoms with Gasteiger partial charge in [0, 0.05) is 5.39 Å². The number of nitrogens with zero attached hydrogens (tertiary/aromatic N) is 3. The van der Waals surface area contributed by atoms with Crippen LogP contribution in [0.25, 0.3) is 10.2 Å². The number of benzene rings is 1. The Labute approximate surface area is 130 Å². The first kappa shape index (κ1) is 13.8. The van der Waals surface area contributed by atoms with E-state index in [9.17, 15) is 0 Å². The van der Waals surface area contributed by atoms with Gasteiger partial charge in [0.25, 0.3) is 0 Å². The van der Waals surface area contributed by atoms with Gasteiger partial charge in [0.1, 0.15) is 22.3 Å². The first-order valence-corrected chi connectivity index (χ1v) is 7.50. The summed E-state index contributed by atoms with van der Waals surface area (Å²) in [6, 6.07) is 11.4. The number of rotatable bonds is 4. The number of fused-ring (bicyclic) bond motifs is 1. The van der Waals surface area contributed by atoms with Crippen LogP contribution in [0.15, 0.2) is 35.7 Å². The number of thiophene rings is 1. The molecular formula is C15H10ClN3OS. The van der Waals surface area contributed by atoms with Crippen molar-refractivity contribution in [3.05, 3.63) is 52.3 Å². The van der Waals surface area contributed by atoms with E-state index in [-0.39, 0.29) is 6.61 Å². The molecule has 0 aliphatic rings. The maximum Gasteiger partial charge on any atom is 0.169 e. The van der Waals surface area contributed by atoms with Crippen LogP contribution in [0.3, 0.4) is 0 Å². The average Bonchev–Trinajstić information content (AvgIpc) is 2.96. The lowest BCUT2D eigenvalue weighted by molar-refractivity contribution is 0.296. The minimum absolute atomic E-state index is 0.255. The molecule has 0 bridgehead atoms. The summed E-state index contributed by atoms with van der Waals surface area (Å²) in [4.78, 5) is 9.50. The fraction of sp³-hybridized carbons (Fsp3) is 0.133. The molecule has 2 heterocycles. The molecule has 0 atom stereocenters. The summed E-state index contributed by atoms with van der Waals surface area (Å²) < 4.78 is 5.64. The second-order valence-electron chi connectivity index (χ2n) is 4.34. The van der Waals surface area contributed by atoms with Crippen molar-refractivity contribution in [2.75, 3.05) is 0 Å². The van der Waals surface area contributed by atoms with Crippen molar-refractivity contribution in [3.8, 4) is 11.8 Å². The van der Waals surface area contributed by atoms with E-state index in [1.165, 1.54) is 11.3 Å². The van der Waals surface area contributed by atoms with Crippen LogP contribution in [0.2, 0.25) is 5.15 Å². The van der Waals surface area contributed by atoms with Gasteiger partial charge in [-0.05, 0) is 29.1 Å². The summed E-state index contributed by atoms with van der Waals surface area (Å²) in [7, 11) is 0. The third-order valence-electron chi connectivity index (χ3n) is 2.90. The molecule has 3 aromatic rings. The maximum absolute atomic E-state index is 8.63. The highest BCUT2D eigenvalue weighted by Crippen LogP contribution is 2.25. The molecule has 0 N–H and O–H groups in total. The lowest BCUT2D eigenvalue weighted by atomic mass is 10.2. The van der Waals surface area contributed by atoms with E-state index in [0.717, 1.165) is 15.8 Å². The van der Waals surface area contributed by atoms with Crippen molar-refractivity contribution in [1.82, 2.24) is 9.97 Å². The Morgan fingerprint density at radius 3 is 2.76 bits per heavy atom. The summed E-state index contributed by atoms with van der Waals surface area (Å²) in [5, 5.41) is 11.9. The molecule has 0 saturated carbocycles. The van der Waals surface area contributed by atoms with E-state index in [4.69, 9.17) is 21.6 Å². The molecule has 0 saturated heterocycles. The Balaban J connectivity index is 1.72. The van der Waals surface area contributed by atoms with Gasteiger partial charge in [0.15, 0.2) is 5.82 Å². The first-order valence-electron chi connectivity index (χ1n) is 6.24. The van der Waals surface area contributed by atoms with Crippen LogP contribution >= 0.6 is 22.9 Å². The van der Waals surface area contributed by atoms with E-state index < -0.39 is 0 Å². The molecule has 0 spiro atoms. The van der Waals surface area contributed by atoms with E-state index >= 15 is 0 Å². The molecule has 0 aliphatic heterocycles. The van der Waals surface area contributed by atoms with Gasteiger partial charge in [-0.15, -0.1) is 11.3 Å². The molecule has 2 aromatic heterocycles. The van der Waals surface area contributed by atoms with Gasteiger partial charge in [-0.1, -0.05) is 23.7 Å². The first-order chi connectivity index (χ1) is 10.3. The molecule has 3 rings (SSSR count). The Morgan fingerprint density at radius 2 is 2.00 bits per heavy atom. The molecule has 0 radical (unpaired) electrons. The molecule has 0 aliphatic carbocycles. The highest BCUT2D eigenvalue weighted by Gasteiger charge is 2.07. The van der Waals surface area contributed by atoms with E-state index in [2.05, 4.69) is 16.0 Å². The van der Waals surface area contributed by atoms with E-state index in [0.29, 0.717) is 23.1 Å². The second kappa shape index (κ2) is 6.08. The van der Waals surface area contributed by atoms with Gasteiger partial charge in [0.05, 0.1) is 12.5 Å². The molecule has 0 unspecified atom stereocenters. The van der Waals surface area contributed by atoms with Gasteiger partial charge >= 0.3 is 0 Å². The van der Waals surface area contributed by atoms with E-state index in [1.54, 1.807) is 0 Å². The Hall–Kier alpha value is -2.16. The van der Waals surface area contributed by atoms with Crippen LogP contribution in [0.5, 0.6) is 5.75 Å². The molecular weight excluding hydrogens is 306 g/mol. The largest absolute Gasteiger partial charge is 0.486 e. The quantitative estimate of drug-likeness (QED) is 0.683. The van der Waals surface area contributed by atoms with Gasteiger partial charge in [-0.3, -0.25) is 0 Å². The van der Waals surface area contributed by atoms with Crippen molar-refractivity contribution < 1.29 is 4.74 Å². The van der Waals surface area contributed by atoms with Crippen LogP contribution in [-0.2, 0) is 13.0 Å². The monoisotopic (exact) mass is 315 g/mol. The predicted molar refractivity (Wildman–Crippen MR) is 82.5 cm³/mol. The zero-order valence-corrected chi connectivity index (χ0v) is 12.5. The zero-order chi connectivity index (χ0) is 14.7. The summed E-state index contributed by atoms with van der Waals surface area (Å²) in [6.45, 7) is 0.255. The number of ether oxygens (including phenoxy) is 1. The van der Waals surface area contributed by atoms with Crippen LogP contribution in [0.4, 0.5) is 0 Å². The lowest BCUT2D eigenvalue weighted by Gasteiger charge is -2.06. The Bertz CT molecular complexity index is 808. The summed E-state index contributed by atoms with van der Waals surface area (Å²) in [5.74, 6) is 1.26. The van der Waals surface area contributed by atoms with Crippen molar-refractivity contribution >= 4 is 33.2 Å². The van der Waals surface area contributed by atoms with Gasteiger partial charge in [-0.25, -0.2) is 9.97 Å². The SMILES string of the molecule is N#CCc1ccc(OCc2nc(Cl)c3ccsc3n2)cc1. The number of hydrogen-bond donors (Lipinski definition) is 0. The molecule has 0 fully saturated rings. The van der Waals surface area contributed by atoms with Crippen molar-refractivity contribution in [2.24, 2.45) is 0 Å². The third kappa shape index (κ3) is 3.13. The van der Waals surface area contributed by atoms with Gasteiger partial charge in [-0.2, -0.15) is 5.26 Å².